The Kier molecular flexibility index (Phi) is 7.91. The summed E-state index contributed by atoms with van der Waals surface area (Å²) in [5.74, 6) is -2.10. The van der Waals surface area contributed by atoms with E-state index in [4.69, 9.17) is 5.73 Å². The van der Waals surface area contributed by atoms with Crippen LogP contribution in [0.25, 0.3) is 11.1 Å². The number of aliphatic carboxylic acids is 1. The van der Waals surface area contributed by atoms with Gasteiger partial charge < -0.3 is 20.8 Å². The summed E-state index contributed by atoms with van der Waals surface area (Å²) in [4.78, 5) is 38.9. The predicted octanol–water partition coefficient (Wildman–Crippen LogP) is 4.24. The predicted molar refractivity (Wildman–Crippen MR) is 134 cm³/mol. The van der Waals surface area contributed by atoms with Crippen LogP contribution in [0.2, 0.25) is 0 Å². The number of phenolic OH excluding ortho intramolecular Hbond substituents is 1. The number of carboxylic acid groups (broad SMARTS) is 1. The summed E-state index contributed by atoms with van der Waals surface area (Å²) in [6.07, 6.45) is 0.188. The monoisotopic (exact) mass is 474 g/mol. The van der Waals surface area contributed by atoms with Gasteiger partial charge in [-0.05, 0) is 67.6 Å². The van der Waals surface area contributed by atoms with E-state index in [0.29, 0.717) is 12.0 Å². The molecule has 0 aliphatic carbocycles. The van der Waals surface area contributed by atoms with Gasteiger partial charge in [0.15, 0.2) is 0 Å². The number of nitrogens with two attached hydrogens (primary N) is 1. The van der Waals surface area contributed by atoms with Crippen molar-refractivity contribution in [1.29, 1.82) is 0 Å². The lowest BCUT2D eigenvalue weighted by molar-refractivity contribution is -0.144. The fraction of sp³-hybridized carbons (Fsp3) is 0.250. The van der Waals surface area contributed by atoms with Crippen molar-refractivity contribution < 1.29 is 24.6 Å². The van der Waals surface area contributed by atoms with Gasteiger partial charge in [0.2, 0.25) is 5.91 Å². The lowest BCUT2D eigenvalue weighted by atomic mass is 9.89. The molecule has 35 heavy (non-hydrogen) atoms. The van der Waals surface area contributed by atoms with Gasteiger partial charge in [-0.2, -0.15) is 0 Å². The Balaban J connectivity index is 1.97. The Labute approximate surface area is 204 Å². The van der Waals surface area contributed by atoms with Crippen LogP contribution < -0.4 is 5.73 Å². The maximum atomic E-state index is 13.8. The molecule has 0 unspecified atom stereocenters. The Morgan fingerprint density at radius 2 is 1.43 bits per heavy atom. The van der Waals surface area contributed by atoms with E-state index in [9.17, 15) is 24.6 Å². The molecule has 0 spiro atoms. The lowest BCUT2D eigenvalue weighted by Gasteiger charge is -2.42. The van der Waals surface area contributed by atoms with Gasteiger partial charge in [0.05, 0.1) is 0 Å². The molecular formula is C28H30N2O5. The second kappa shape index (κ2) is 10.9. The fourth-order valence-corrected chi connectivity index (χ4v) is 4.26. The number of benzene rings is 3. The number of phenols is 1. The zero-order valence-corrected chi connectivity index (χ0v) is 19.8. The first-order valence-corrected chi connectivity index (χ1v) is 11.4. The van der Waals surface area contributed by atoms with Crippen molar-refractivity contribution in [3.05, 3.63) is 90.0 Å². The second-order valence-corrected chi connectivity index (χ2v) is 9.13. The van der Waals surface area contributed by atoms with Gasteiger partial charge in [-0.15, -0.1) is 0 Å². The first-order valence-electron chi connectivity index (χ1n) is 11.4. The van der Waals surface area contributed by atoms with Gasteiger partial charge in [0, 0.05) is 17.5 Å². The van der Waals surface area contributed by atoms with E-state index in [-0.39, 0.29) is 18.6 Å². The molecule has 0 radical (unpaired) electrons. The Morgan fingerprint density at radius 1 is 0.886 bits per heavy atom. The summed E-state index contributed by atoms with van der Waals surface area (Å²) in [5, 5.41) is 19.5. The zero-order valence-electron chi connectivity index (χ0n) is 19.8. The van der Waals surface area contributed by atoms with Crippen LogP contribution in [0.5, 0.6) is 5.75 Å². The van der Waals surface area contributed by atoms with Crippen molar-refractivity contribution in [1.82, 2.24) is 4.90 Å². The minimum Gasteiger partial charge on any atom is -0.508 e. The van der Waals surface area contributed by atoms with Crippen LogP contribution in [0, 0.1) is 0 Å². The zero-order chi connectivity index (χ0) is 25.6. The number of hydrogen-bond donors (Lipinski definition) is 3. The third-order valence-corrected chi connectivity index (χ3v) is 5.94. The fourth-order valence-electron chi connectivity index (χ4n) is 4.26. The van der Waals surface area contributed by atoms with Crippen LogP contribution in [0.3, 0.4) is 0 Å². The highest BCUT2D eigenvalue weighted by molar-refractivity contribution is 5.97. The standard InChI is InChI=1S/C28H30N2O5/c1-28(2,18-19-6-4-3-5-7-19)30(24(27(34)35)16-17-25(29)32)26(33)22-10-8-20(9-11-22)21-12-14-23(31)15-13-21/h3-15,24,31H,16-18H2,1-2H3,(H2,29,32)(H,34,35)/t24-/m0/s1. The molecule has 0 aliphatic rings. The Morgan fingerprint density at radius 3 is 1.94 bits per heavy atom. The molecule has 3 aromatic carbocycles. The molecule has 0 fully saturated rings. The molecule has 0 heterocycles. The van der Waals surface area contributed by atoms with Gasteiger partial charge in [-0.25, -0.2) is 4.79 Å². The van der Waals surface area contributed by atoms with Gasteiger partial charge in [-0.1, -0.05) is 54.6 Å². The first-order chi connectivity index (χ1) is 16.6. The number of amides is 2. The maximum Gasteiger partial charge on any atom is 0.326 e. The third kappa shape index (κ3) is 6.47. The summed E-state index contributed by atoms with van der Waals surface area (Å²) < 4.78 is 0. The smallest absolute Gasteiger partial charge is 0.326 e. The normalized spacial score (nSPS) is 12.1. The van der Waals surface area contributed by atoms with Crippen LogP contribution in [0.4, 0.5) is 0 Å². The third-order valence-electron chi connectivity index (χ3n) is 5.94. The molecule has 4 N–H and O–H groups in total. The first kappa shape index (κ1) is 25.5. The number of nitrogens with zero attached hydrogens (tertiary/aromatic N) is 1. The summed E-state index contributed by atoms with van der Waals surface area (Å²) in [5.41, 5.74) is 7.41. The van der Waals surface area contributed by atoms with Crippen LogP contribution in [-0.2, 0) is 16.0 Å². The molecule has 182 valence electrons. The van der Waals surface area contributed by atoms with Crippen LogP contribution in [0.15, 0.2) is 78.9 Å². The van der Waals surface area contributed by atoms with E-state index in [2.05, 4.69) is 0 Å². The largest absolute Gasteiger partial charge is 0.508 e. The summed E-state index contributed by atoms with van der Waals surface area (Å²) in [6, 6.07) is 21.9. The topological polar surface area (TPSA) is 121 Å². The van der Waals surface area contributed by atoms with Crippen molar-refractivity contribution in [2.75, 3.05) is 0 Å². The summed E-state index contributed by atoms with van der Waals surface area (Å²) >= 11 is 0. The van der Waals surface area contributed by atoms with Crippen molar-refractivity contribution >= 4 is 17.8 Å². The number of hydrogen-bond acceptors (Lipinski definition) is 4. The molecule has 1 atom stereocenters. The van der Waals surface area contributed by atoms with Crippen molar-refractivity contribution in [3.8, 4) is 16.9 Å². The summed E-state index contributed by atoms with van der Waals surface area (Å²) in [7, 11) is 0. The molecule has 3 aromatic rings. The lowest BCUT2D eigenvalue weighted by Crippen LogP contribution is -2.57. The highest BCUT2D eigenvalue weighted by Crippen LogP contribution is 2.29. The molecule has 0 bridgehead atoms. The molecular weight excluding hydrogens is 444 g/mol. The molecule has 2 amide bonds. The van der Waals surface area contributed by atoms with E-state index >= 15 is 0 Å². The van der Waals surface area contributed by atoms with Crippen molar-refractivity contribution in [2.24, 2.45) is 5.73 Å². The van der Waals surface area contributed by atoms with E-state index in [0.717, 1.165) is 16.7 Å². The average Bonchev–Trinajstić information content (AvgIpc) is 2.82. The molecule has 0 saturated carbocycles. The Hall–Kier alpha value is -4.13. The van der Waals surface area contributed by atoms with Crippen LogP contribution in [-0.4, -0.2) is 44.5 Å². The molecule has 0 saturated heterocycles. The van der Waals surface area contributed by atoms with E-state index in [1.807, 2.05) is 44.2 Å². The number of aromatic hydroxyl groups is 1. The maximum absolute atomic E-state index is 13.8. The minimum atomic E-state index is -1.23. The van der Waals surface area contributed by atoms with E-state index < -0.39 is 29.4 Å². The van der Waals surface area contributed by atoms with Crippen LogP contribution in [0.1, 0.15) is 42.6 Å². The quantitative estimate of drug-likeness (QED) is 0.406. The Bertz CT molecular complexity index is 1170. The highest BCUT2D eigenvalue weighted by Gasteiger charge is 2.40. The number of rotatable bonds is 10. The van der Waals surface area contributed by atoms with E-state index in [1.54, 1.807) is 48.5 Å². The SMILES string of the molecule is CC(C)(Cc1ccccc1)N(C(=O)c1ccc(-c2ccc(O)cc2)cc1)[C@@H](CCC(N)=O)C(=O)O. The van der Waals surface area contributed by atoms with Crippen LogP contribution >= 0.6 is 0 Å². The molecule has 0 aromatic heterocycles. The number of primary amides is 1. The van der Waals surface area contributed by atoms with Gasteiger partial charge in [0.25, 0.3) is 5.91 Å². The average molecular weight is 475 g/mol. The van der Waals surface area contributed by atoms with Gasteiger partial charge in [-0.3, -0.25) is 9.59 Å². The minimum absolute atomic E-state index is 0.0831. The van der Waals surface area contributed by atoms with Gasteiger partial charge in [0.1, 0.15) is 11.8 Å². The number of carboxylic acids is 1. The molecule has 0 aliphatic heterocycles. The number of carbonyl (C=O) groups excluding carboxylic acids is 2. The molecule has 7 nitrogen and oxygen atoms in total. The molecule has 3 rings (SSSR count). The number of carbonyl (C=O) groups is 3. The van der Waals surface area contributed by atoms with Crippen molar-refractivity contribution in [3.63, 3.8) is 0 Å². The van der Waals surface area contributed by atoms with Gasteiger partial charge >= 0.3 is 5.97 Å². The summed E-state index contributed by atoms with van der Waals surface area (Å²) in [6.45, 7) is 3.64. The highest BCUT2D eigenvalue weighted by atomic mass is 16.4. The second-order valence-electron chi connectivity index (χ2n) is 9.13. The molecule has 7 heteroatoms. The van der Waals surface area contributed by atoms with E-state index in [1.165, 1.54) is 4.90 Å². The van der Waals surface area contributed by atoms with Crippen molar-refractivity contribution in [2.45, 2.75) is 44.7 Å².